The summed E-state index contributed by atoms with van der Waals surface area (Å²) in [4.78, 5) is 4.34. The van der Waals surface area contributed by atoms with Crippen molar-refractivity contribution in [3.8, 4) is 0 Å². The van der Waals surface area contributed by atoms with Crippen LogP contribution in [0.5, 0.6) is 0 Å². The number of fused-ring (bicyclic) bond motifs is 1. The first kappa shape index (κ1) is 9.44. The fraction of sp³-hybridized carbons (Fsp3) is 0.182. The molecule has 0 saturated heterocycles. The molecule has 0 saturated carbocycles. The molecule has 1 aromatic carbocycles. The number of hydrogen-bond acceptors (Lipinski definition) is 2. The predicted molar refractivity (Wildman–Crippen MR) is 59.5 cm³/mol. The fourth-order valence-corrected chi connectivity index (χ4v) is 1.61. The minimum absolute atomic E-state index is 0.728. The highest BCUT2D eigenvalue weighted by molar-refractivity contribution is 6.31. The van der Waals surface area contributed by atoms with E-state index in [1.54, 1.807) is 0 Å². The normalized spacial score (nSPS) is 10.7. The first-order valence-corrected chi connectivity index (χ1v) is 4.86. The van der Waals surface area contributed by atoms with Crippen molar-refractivity contribution in [1.29, 1.82) is 0 Å². The summed E-state index contributed by atoms with van der Waals surface area (Å²) in [6, 6.07) is 7.87. The summed E-state index contributed by atoms with van der Waals surface area (Å²) in [6.07, 6.45) is 1.87. The fourth-order valence-electron chi connectivity index (χ4n) is 1.44. The molecule has 0 bridgehead atoms. The Morgan fingerprint density at radius 2 is 2.21 bits per heavy atom. The van der Waals surface area contributed by atoms with Crippen molar-refractivity contribution in [2.45, 2.75) is 6.54 Å². The molecule has 0 aliphatic carbocycles. The van der Waals surface area contributed by atoms with Crippen molar-refractivity contribution >= 4 is 22.5 Å². The van der Waals surface area contributed by atoms with Gasteiger partial charge >= 0.3 is 0 Å². The number of hydrogen-bond donors (Lipinski definition) is 1. The van der Waals surface area contributed by atoms with Crippen LogP contribution in [0.15, 0.2) is 30.5 Å². The molecular formula is C11H11ClN2. The van der Waals surface area contributed by atoms with E-state index in [0.717, 1.165) is 22.5 Å². The van der Waals surface area contributed by atoms with E-state index in [4.69, 9.17) is 11.6 Å². The number of aromatic nitrogens is 1. The zero-order valence-electron chi connectivity index (χ0n) is 7.92. The number of pyridine rings is 1. The standard InChI is InChI=1S/C11H11ClN2/c1-13-6-8-4-9-2-3-10(12)5-11(9)14-7-8/h2-5,7,13H,6H2,1H3. The molecule has 2 rings (SSSR count). The Balaban J connectivity index is 2.50. The lowest BCUT2D eigenvalue weighted by molar-refractivity contribution is 0.815. The number of rotatable bonds is 2. The van der Waals surface area contributed by atoms with Crippen LogP contribution in [0, 0.1) is 0 Å². The highest BCUT2D eigenvalue weighted by atomic mass is 35.5. The molecule has 0 unspecified atom stereocenters. The van der Waals surface area contributed by atoms with Gasteiger partial charge in [-0.15, -0.1) is 0 Å². The second-order valence-electron chi connectivity index (χ2n) is 3.21. The van der Waals surface area contributed by atoms with Crippen LogP contribution in [0.25, 0.3) is 10.9 Å². The quantitative estimate of drug-likeness (QED) is 0.817. The zero-order valence-corrected chi connectivity index (χ0v) is 8.67. The maximum atomic E-state index is 5.87. The summed E-state index contributed by atoms with van der Waals surface area (Å²) in [6.45, 7) is 0.839. The monoisotopic (exact) mass is 206 g/mol. The van der Waals surface area contributed by atoms with Gasteiger partial charge in [-0.25, -0.2) is 0 Å². The van der Waals surface area contributed by atoms with E-state index < -0.39 is 0 Å². The zero-order chi connectivity index (χ0) is 9.97. The van der Waals surface area contributed by atoms with E-state index in [1.807, 2.05) is 31.4 Å². The lowest BCUT2D eigenvalue weighted by Crippen LogP contribution is -2.05. The number of nitrogens with one attached hydrogen (secondary N) is 1. The summed E-state index contributed by atoms with van der Waals surface area (Å²) >= 11 is 5.87. The van der Waals surface area contributed by atoms with E-state index in [-0.39, 0.29) is 0 Å². The van der Waals surface area contributed by atoms with Crippen molar-refractivity contribution < 1.29 is 0 Å². The summed E-state index contributed by atoms with van der Waals surface area (Å²) in [5.74, 6) is 0. The van der Waals surface area contributed by atoms with Crippen molar-refractivity contribution in [3.63, 3.8) is 0 Å². The molecular weight excluding hydrogens is 196 g/mol. The van der Waals surface area contributed by atoms with Gasteiger partial charge in [0.2, 0.25) is 0 Å². The Hall–Kier alpha value is -1.12. The molecule has 14 heavy (non-hydrogen) atoms. The Bertz CT molecular complexity index is 454. The molecule has 2 nitrogen and oxygen atoms in total. The topological polar surface area (TPSA) is 24.9 Å². The third-order valence-corrected chi connectivity index (χ3v) is 2.32. The molecule has 0 atom stereocenters. The van der Waals surface area contributed by atoms with E-state index >= 15 is 0 Å². The molecule has 0 aliphatic heterocycles. The van der Waals surface area contributed by atoms with Gasteiger partial charge in [0.1, 0.15) is 0 Å². The summed E-state index contributed by atoms with van der Waals surface area (Å²) in [5, 5.41) is 4.95. The smallest absolute Gasteiger partial charge is 0.0717 e. The van der Waals surface area contributed by atoms with Crippen LogP contribution >= 0.6 is 11.6 Å². The van der Waals surface area contributed by atoms with Crippen LogP contribution in [0.1, 0.15) is 5.56 Å². The second-order valence-corrected chi connectivity index (χ2v) is 3.65. The molecule has 2 aromatic rings. The van der Waals surface area contributed by atoms with Crippen molar-refractivity contribution in [1.82, 2.24) is 10.3 Å². The number of halogens is 1. The SMILES string of the molecule is CNCc1cnc2cc(Cl)ccc2c1. The predicted octanol–water partition coefficient (Wildman–Crippen LogP) is 2.61. The van der Waals surface area contributed by atoms with Gasteiger partial charge in [0, 0.05) is 23.2 Å². The van der Waals surface area contributed by atoms with Gasteiger partial charge in [0.05, 0.1) is 5.52 Å². The highest BCUT2D eigenvalue weighted by Gasteiger charge is 1.97. The van der Waals surface area contributed by atoms with Crippen molar-refractivity contribution in [2.24, 2.45) is 0 Å². The van der Waals surface area contributed by atoms with E-state index in [0.29, 0.717) is 0 Å². The van der Waals surface area contributed by atoms with Gasteiger partial charge in [-0.05, 0) is 30.8 Å². The van der Waals surface area contributed by atoms with E-state index in [1.165, 1.54) is 5.56 Å². The Morgan fingerprint density at radius 3 is 3.00 bits per heavy atom. The van der Waals surface area contributed by atoms with Gasteiger partial charge < -0.3 is 5.32 Å². The van der Waals surface area contributed by atoms with Gasteiger partial charge in [-0.3, -0.25) is 4.98 Å². The molecule has 72 valence electrons. The average molecular weight is 207 g/mol. The molecule has 0 aliphatic rings. The molecule has 1 aromatic heterocycles. The molecule has 0 spiro atoms. The highest BCUT2D eigenvalue weighted by Crippen LogP contribution is 2.18. The van der Waals surface area contributed by atoms with Crippen LogP contribution in [0.3, 0.4) is 0 Å². The lowest BCUT2D eigenvalue weighted by atomic mass is 10.1. The largest absolute Gasteiger partial charge is 0.316 e. The Labute approximate surface area is 87.9 Å². The summed E-state index contributed by atoms with van der Waals surface area (Å²) in [7, 11) is 1.92. The first-order valence-electron chi connectivity index (χ1n) is 4.48. The van der Waals surface area contributed by atoms with E-state index in [9.17, 15) is 0 Å². The van der Waals surface area contributed by atoms with Gasteiger partial charge in [-0.1, -0.05) is 17.7 Å². The maximum absolute atomic E-state index is 5.87. The van der Waals surface area contributed by atoms with Crippen LogP contribution in [0.2, 0.25) is 5.02 Å². The van der Waals surface area contributed by atoms with Gasteiger partial charge in [0.25, 0.3) is 0 Å². The summed E-state index contributed by atoms with van der Waals surface area (Å²) in [5.41, 5.74) is 2.12. The van der Waals surface area contributed by atoms with Crippen LogP contribution < -0.4 is 5.32 Å². The lowest BCUT2D eigenvalue weighted by Gasteiger charge is -2.02. The summed E-state index contributed by atoms with van der Waals surface area (Å²) < 4.78 is 0. The van der Waals surface area contributed by atoms with Crippen molar-refractivity contribution in [3.05, 3.63) is 41.0 Å². The maximum Gasteiger partial charge on any atom is 0.0717 e. The van der Waals surface area contributed by atoms with Gasteiger partial charge in [0.15, 0.2) is 0 Å². The molecule has 1 N–H and O–H groups in total. The Kier molecular flexibility index (Phi) is 2.66. The minimum Gasteiger partial charge on any atom is -0.316 e. The third kappa shape index (κ3) is 1.86. The Morgan fingerprint density at radius 1 is 1.36 bits per heavy atom. The molecule has 3 heteroatoms. The number of benzene rings is 1. The minimum atomic E-state index is 0.728. The molecule has 0 amide bonds. The van der Waals surface area contributed by atoms with Crippen LogP contribution in [-0.2, 0) is 6.54 Å². The third-order valence-electron chi connectivity index (χ3n) is 2.08. The molecule has 0 radical (unpaired) electrons. The molecule has 0 fully saturated rings. The van der Waals surface area contributed by atoms with Gasteiger partial charge in [-0.2, -0.15) is 0 Å². The second kappa shape index (κ2) is 3.95. The number of nitrogens with zero attached hydrogens (tertiary/aromatic N) is 1. The molecule has 1 heterocycles. The van der Waals surface area contributed by atoms with Crippen molar-refractivity contribution in [2.75, 3.05) is 7.05 Å². The van der Waals surface area contributed by atoms with E-state index in [2.05, 4.69) is 16.4 Å². The first-order chi connectivity index (χ1) is 6.79. The van der Waals surface area contributed by atoms with Crippen LogP contribution in [-0.4, -0.2) is 12.0 Å². The van der Waals surface area contributed by atoms with Crippen LogP contribution in [0.4, 0.5) is 0 Å². The average Bonchev–Trinajstić information content (AvgIpc) is 2.19.